The maximum Gasteiger partial charge on any atom is 0.238 e. The van der Waals surface area contributed by atoms with Gasteiger partial charge in [-0.3, -0.25) is 4.79 Å². The van der Waals surface area contributed by atoms with Gasteiger partial charge in [-0.2, -0.15) is 0 Å². The summed E-state index contributed by atoms with van der Waals surface area (Å²) in [7, 11) is -3.71. The number of primary sulfonamides is 1. The van der Waals surface area contributed by atoms with Crippen LogP contribution in [0, 0.1) is 0 Å². The summed E-state index contributed by atoms with van der Waals surface area (Å²) in [6.45, 7) is 2.11. The molecule has 0 fully saturated rings. The Morgan fingerprint density at radius 3 is 2.33 bits per heavy atom. The van der Waals surface area contributed by atoms with Crippen molar-refractivity contribution in [3.05, 3.63) is 60.2 Å². The van der Waals surface area contributed by atoms with E-state index in [0.29, 0.717) is 0 Å². The van der Waals surface area contributed by atoms with Crippen LogP contribution >= 0.6 is 0 Å². The highest BCUT2D eigenvalue weighted by Gasteiger charge is 2.12. The Morgan fingerprint density at radius 1 is 1.12 bits per heavy atom. The average Bonchev–Trinajstić information content (AvgIpc) is 2.55. The van der Waals surface area contributed by atoms with Crippen molar-refractivity contribution in [3.63, 3.8) is 0 Å². The highest BCUT2D eigenvalue weighted by Crippen LogP contribution is 2.15. The van der Waals surface area contributed by atoms with Gasteiger partial charge in [0.25, 0.3) is 0 Å². The lowest BCUT2D eigenvalue weighted by molar-refractivity contribution is -0.122. The maximum atomic E-state index is 11.9. The van der Waals surface area contributed by atoms with Crippen LogP contribution in [0.3, 0.4) is 0 Å². The number of amides is 1. The van der Waals surface area contributed by atoms with Gasteiger partial charge in [0, 0.05) is 0 Å². The predicted molar refractivity (Wildman–Crippen MR) is 90.9 cm³/mol. The van der Waals surface area contributed by atoms with Crippen LogP contribution in [-0.2, 0) is 14.8 Å². The number of para-hydroxylation sites is 1. The number of nitrogens with one attached hydrogen (secondary N) is 1. The number of nitrogens with two attached hydrogens (primary N) is 1. The van der Waals surface area contributed by atoms with Crippen molar-refractivity contribution >= 4 is 15.9 Å². The SMILES string of the molecule is CC(NC(=O)CCOc1ccccc1)c1ccc(S(N)(=O)=O)cc1. The third kappa shape index (κ3) is 5.36. The molecule has 0 spiro atoms. The zero-order chi connectivity index (χ0) is 17.6. The quantitative estimate of drug-likeness (QED) is 0.799. The van der Waals surface area contributed by atoms with E-state index >= 15 is 0 Å². The lowest BCUT2D eigenvalue weighted by atomic mass is 10.1. The molecule has 0 saturated heterocycles. The molecule has 0 saturated carbocycles. The zero-order valence-corrected chi connectivity index (χ0v) is 14.1. The molecule has 128 valence electrons. The minimum absolute atomic E-state index is 0.0426. The third-order valence-electron chi connectivity index (χ3n) is 3.43. The number of ether oxygens (including phenoxy) is 1. The van der Waals surface area contributed by atoms with Crippen molar-refractivity contribution in [2.45, 2.75) is 24.3 Å². The Hall–Kier alpha value is -2.38. The van der Waals surface area contributed by atoms with E-state index in [-0.39, 0.29) is 29.9 Å². The highest BCUT2D eigenvalue weighted by molar-refractivity contribution is 7.89. The maximum absolute atomic E-state index is 11.9. The summed E-state index contributed by atoms with van der Waals surface area (Å²) in [6, 6.07) is 15.1. The molecule has 0 heterocycles. The molecule has 1 amide bonds. The molecule has 0 aliphatic carbocycles. The van der Waals surface area contributed by atoms with E-state index < -0.39 is 10.0 Å². The van der Waals surface area contributed by atoms with Gasteiger partial charge in [0.2, 0.25) is 15.9 Å². The van der Waals surface area contributed by atoms with Crippen LogP contribution < -0.4 is 15.2 Å². The van der Waals surface area contributed by atoms with Gasteiger partial charge in [-0.15, -0.1) is 0 Å². The fraction of sp³-hybridized carbons (Fsp3) is 0.235. The van der Waals surface area contributed by atoms with E-state index in [9.17, 15) is 13.2 Å². The van der Waals surface area contributed by atoms with Crippen LogP contribution in [0.25, 0.3) is 0 Å². The summed E-state index contributed by atoms with van der Waals surface area (Å²) in [5.41, 5.74) is 0.791. The summed E-state index contributed by atoms with van der Waals surface area (Å²) in [5.74, 6) is 0.575. The van der Waals surface area contributed by atoms with Gasteiger partial charge < -0.3 is 10.1 Å². The third-order valence-corrected chi connectivity index (χ3v) is 4.36. The van der Waals surface area contributed by atoms with E-state index in [0.717, 1.165) is 11.3 Å². The van der Waals surface area contributed by atoms with Crippen LogP contribution in [0.5, 0.6) is 5.75 Å². The van der Waals surface area contributed by atoms with Crippen LogP contribution in [-0.4, -0.2) is 20.9 Å². The van der Waals surface area contributed by atoms with Crippen LogP contribution in [0.2, 0.25) is 0 Å². The molecular formula is C17H20N2O4S. The number of hydrogen-bond acceptors (Lipinski definition) is 4. The zero-order valence-electron chi connectivity index (χ0n) is 13.3. The first-order valence-corrected chi connectivity index (χ1v) is 9.01. The second-order valence-electron chi connectivity index (χ2n) is 5.31. The van der Waals surface area contributed by atoms with Gasteiger partial charge in [0.05, 0.1) is 24.0 Å². The first-order chi connectivity index (χ1) is 11.4. The number of rotatable bonds is 7. The average molecular weight is 348 g/mol. The lowest BCUT2D eigenvalue weighted by Crippen LogP contribution is -2.27. The van der Waals surface area contributed by atoms with Gasteiger partial charge in [0.15, 0.2) is 0 Å². The molecule has 6 nitrogen and oxygen atoms in total. The minimum Gasteiger partial charge on any atom is -0.493 e. The van der Waals surface area contributed by atoms with Gasteiger partial charge in [0.1, 0.15) is 5.75 Å². The summed E-state index contributed by atoms with van der Waals surface area (Å²) < 4.78 is 27.9. The first kappa shape index (κ1) is 18.0. The van der Waals surface area contributed by atoms with Crippen molar-refractivity contribution in [2.24, 2.45) is 5.14 Å². The molecule has 2 aromatic carbocycles. The van der Waals surface area contributed by atoms with Gasteiger partial charge in [-0.1, -0.05) is 30.3 Å². The van der Waals surface area contributed by atoms with Crippen molar-refractivity contribution in [3.8, 4) is 5.75 Å². The number of carbonyl (C=O) groups is 1. The van der Waals surface area contributed by atoms with E-state index in [1.807, 2.05) is 37.3 Å². The normalized spacial score (nSPS) is 12.4. The number of carbonyl (C=O) groups excluding carboxylic acids is 1. The van der Waals surface area contributed by atoms with Crippen LogP contribution in [0.15, 0.2) is 59.5 Å². The van der Waals surface area contributed by atoms with Crippen molar-refractivity contribution in [1.82, 2.24) is 5.32 Å². The molecule has 0 bridgehead atoms. The largest absolute Gasteiger partial charge is 0.493 e. The smallest absolute Gasteiger partial charge is 0.238 e. The summed E-state index contributed by atoms with van der Waals surface area (Å²) >= 11 is 0. The summed E-state index contributed by atoms with van der Waals surface area (Å²) in [6.07, 6.45) is 0.231. The predicted octanol–water partition coefficient (Wildman–Crippen LogP) is 1.98. The van der Waals surface area contributed by atoms with Gasteiger partial charge >= 0.3 is 0 Å². The number of hydrogen-bond donors (Lipinski definition) is 2. The molecule has 0 aliphatic heterocycles. The van der Waals surface area contributed by atoms with Crippen molar-refractivity contribution < 1.29 is 17.9 Å². The van der Waals surface area contributed by atoms with E-state index in [2.05, 4.69) is 5.32 Å². The van der Waals surface area contributed by atoms with E-state index in [4.69, 9.17) is 9.88 Å². The minimum atomic E-state index is -3.71. The standard InChI is InChI=1S/C17H20N2O4S/c1-13(14-7-9-16(10-8-14)24(18,21)22)19-17(20)11-12-23-15-5-3-2-4-6-15/h2-10,13H,11-12H2,1H3,(H,19,20)(H2,18,21,22). The van der Waals surface area contributed by atoms with E-state index in [1.54, 1.807) is 12.1 Å². The molecule has 0 radical (unpaired) electrons. The topological polar surface area (TPSA) is 98.5 Å². The monoisotopic (exact) mass is 348 g/mol. The fourth-order valence-electron chi connectivity index (χ4n) is 2.12. The molecule has 2 aromatic rings. The Balaban J connectivity index is 1.83. The summed E-state index contributed by atoms with van der Waals surface area (Å²) in [5, 5.41) is 7.90. The number of benzene rings is 2. The Morgan fingerprint density at radius 2 is 1.75 bits per heavy atom. The highest BCUT2D eigenvalue weighted by atomic mass is 32.2. The molecule has 1 unspecified atom stereocenters. The van der Waals surface area contributed by atoms with E-state index in [1.165, 1.54) is 12.1 Å². The van der Waals surface area contributed by atoms with Crippen LogP contribution in [0.1, 0.15) is 24.9 Å². The molecule has 24 heavy (non-hydrogen) atoms. The molecule has 0 aliphatic rings. The van der Waals surface area contributed by atoms with Crippen molar-refractivity contribution in [2.75, 3.05) is 6.61 Å². The van der Waals surface area contributed by atoms with Crippen LogP contribution in [0.4, 0.5) is 0 Å². The fourth-order valence-corrected chi connectivity index (χ4v) is 2.64. The molecule has 1 atom stereocenters. The summed E-state index contributed by atoms with van der Waals surface area (Å²) in [4.78, 5) is 12.0. The molecule has 0 aromatic heterocycles. The Bertz CT molecular complexity index is 774. The molecule has 7 heteroatoms. The first-order valence-electron chi connectivity index (χ1n) is 7.46. The molecular weight excluding hydrogens is 328 g/mol. The van der Waals surface area contributed by atoms with Crippen molar-refractivity contribution in [1.29, 1.82) is 0 Å². The number of sulfonamides is 1. The molecule has 3 N–H and O–H groups in total. The second-order valence-corrected chi connectivity index (χ2v) is 6.88. The lowest BCUT2D eigenvalue weighted by Gasteiger charge is -2.15. The Labute approximate surface area is 141 Å². The van der Waals surface area contributed by atoms with Gasteiger partial charge in [-0.05, 0) is 36.8 Å². The van der Waals surface area contributed by atoms with Gasteiger partial charge in [-0.25, -0.2) is 13.6 Å². The molecule has 2 rings (SSSR count). The Kier molecular flexibility index (Phi) is 5.94. The second kappa shape index (κ2) is 7.94.